The molecule has 1 aliphatic rings. The second-order valence-corrected chi connectivity index (χ2v) is 7.00. The first kappa shape index (κ1) is 11.1. The molecule has 1 aliphatic carbocycles. The fourth-order valence-corrected chi connectivity index (χ4v) is 4.58. The van der Waals surface area contributed by atoms with E-state index in [0.717, 1.165) is 14.4 Å². The van der Waals surface area contributed by atoms with E-state index in [0.29, 0.717) is 0 Å². The molecule has 0 bridgehead atoms. The van der Waals surface area contributed by atoms with Gasteiger partial charge in [-0.2, -0.15) is 0 Å². The van der Waals surface area contributed by atoms with E-state index in [1.165, 1.54) is 43.4 Å². The van der Waals surface area contributed by atoms with E-state index in [-0.39, 0.29) is 0 Å². The summed E-state index contributed by atoms with van der Waals surface area (Å²) in [5.41, 5.74) is 0. The number of nitrogens with zero attached hydrogens (tertiary/aromatic N) is 1. The number of hydrogen-bond donors (Lipinski definition) is 0. The highest BCUT2D eigenvalue weighted by Crippen LogP contribution is 2.33. The van der Waals surface area contributed by atoms with Gasteiger partial charge >= 0.3 is 0 Å². The average molecular weight is 339 g/mol. The number of rotatable bonds is 2. The highest BCUT2D eigenvalue weighted by molar-refractivity contribution is 9.11. The van der Waals surface area contributed by atoms with Gasteiger partial charge < -0.3 is 0 Å². The van der Waals surface area contributed by atoms with E-state index < -0.39 is 0 Å². The highest BCUT2D eigenvalue weighted by atomic mass is 79.9. The maximum Gasteiger partial charge on any atom is 0.160 e. The minimum absolute atomic E-state index is 0.896. The summed E-state index contributed by atoms with van der Waals surface area (Å²) in [6.45, 7) is 0. The lowest BCUT2D eigenvalue weighted by molar-refractivity contribution is 0.358. The normalized spacial score (nSPS) is 18.7. The zero-order valence-corrected chi connectivity index (χ0v) is 11.9. The lowest BCUT2D eigenvalue weighted by Gasteiger charge is -2.20. The van der Waals surface area contributed by atoms with Gasteiger partial charge in [-0.05, 0) is 44.2 Å². The Bertz CT molecular complexity index is 305. The zero-order chi connectivity index (χ0) is 9.97. The predicted octanol–water partition coefficient (Wildman–Crippen LogP) is 4.79. The smallest absolute Gasteiger partial charge is 0.160 e. The molecule has 0 N–H and O–H groups in total. The van der Waals surface area contributed by atoms with Crippen molar-refractivity contribution in [3.8, 4) is 0 Å². The van der Waals surface area contributed by atoms with Crippen molar-refractivity contribution in [3.05, 3.63) is 13.4 Å². The second kappa shape index (κ2) is 5.08. The summed E-state index contributed by atoms with van der Waals surface area (Å²) < 4.78 is 2.04. The van der Waals surface area contributed by atoms with E-state index in [2.05, 4.69) is 36.8 Å². The standard InChI is InChI=1S/C10H13Br2NS/c11-9-8(14-10(12)13-9)6-7-4-2-1-3-5-7/h7H,1-6H2. The highest BCUT2D eigenvalue weighted by Gasteiger charge is 2.17. The fourth-order valence-electron chi connectivity index (χ4n) is 2.09. The van der Waals surface area contributed by atoms with Crippen molar-refractivity contribution in [3.63, 3.8) is 0 Å². The summed E-state index contributed by atoms with van der Waals surface area (Å²) in [6.07, 6.45) is 8.29. The zero-order valence-electron chi connectivity index (χ0n) is 7.93. The average Bonchev–Trinajstić information content (AvgIpc) is 2.47. The fraction of sp³-hybridized carbons (Fsp3) is 0.700. The van der Waals surface area contributed by atoms with Gasteiger partial charge in [-0.25, -0.2) is 4.98 Å². The van der Waals surface area contributed by atoms with E-state index >= 15 is 0 Å². The van der Waals surface area contributed by atoms with Crippen molar-refractivity contribution in [1.82, 2.24) is 4.98 Å². The van der Waals surface area contributed by atoms with Gasteiger partial charge in [0.05, 0.1) is 0 Å². The predicted molar refractivity (Wildman–Crippen MR) is 67.8 cm³/mol. The first-order valence-electron chi connectivity index (χ1n) is 5.06. The van der Waals surface area contributed by atoms with Crippen LogP contribution in [0.1, 0.15) is 37.0 Å². The van der Waals surface area contributed by atoms with Crippen LogP contribution >= 0.6 is 43.2 Å². The molecule has 2 rings (SSSR count). The van der Waals surface area contributed by atoms with Crippen molar-refractivity contribution < 1.29 is 0 Å². The molecule has 1 aromatic heterocycles. The van der Waals surface area contributed by atoms with Crippen LogP contribution in [-0.2, 0) is 6.42 Å². The molecule has 0 atom stereocenters. The van der Waals surface area contributed by atoms with Crippen LogP contribution in [0.2, 0.25) is 0 Å². The lowest BCUT2D eigenvalue weighted by atomic mass is 9.87. The Balaban J connectivity index is 1.98. The second-order valence-electron chi connectivity index (χ2n) is 3.89. The van der Waals surface area contributed by atoms with Gasteiger partial charge in [-0.3, -0.25) is 0 Å². The van der Waals surface area contributed by atoms with Crippen LogP contribution in [0.25, 0.3) is 0 Å². The molecule has 1 aromatic rings. The minimum atomic E-state index is 0.896. The van der Waals surface area contributed by atoms with Crippen LogP contribution in [0.15, 0.2) is 8.52 Å². The van der Waals surface area contributed by atoms with Gasteiger partial charge in [-0.1, -0.05) is 32.1 Å². The van der Waals surface area contributed by atoms with Crippen LogP contribution in [0.3, 0.4) is 0 Å². The molecule has 1 fully saturated rings. The lowest BCUT2D eigenvalue weighted by Crippen LogP contribution is -2.08. The molecule has 0 aromatic carbocycles. The monoisotopic (exact) mass is 337 g/mol. The SMILES string of the molecule is Brc1nc(Br)c(CC2CCCCC2)s1. The molecule has 0 amide bonds. The van der Waals surface area contributed by atoms with Gasteiger partial charge in [0.25, 0.3) is 0 Å². The number of thiazole rings is 1. The summed E-state index contributed by atoms with van der Waals surface area (Å²) in [5, 5.41) is 0. The van der Waals surface area contributed by atoms with Crippen LogP contribution < -0.4 is 0 Å². The number of halogens is 2. The van der Waals surface area contributed by atoms with E-state index in [4.69, 9.17) is 0 Å². The van der Waals surface area contributed by atoms with Crippen LogP contribution in [0, 0.1) is 5.92 Å². The van der Waals surface area contributed by atoms with Gasteiger partial charge in [0, 0.05) is 4.88 Å². The van der Waals surface area contributed by atoms with Gasteiger partial charge in [-0.15, -0.1) is 11.3 Å². The molecule has 0 spiro atoms. The molecule has 1 nitrogen and oxygen atoms in total. The van der Waals surface area contributed by atoms with E-state index in [9.17, 15) is 0 Å². The van der Waals surface area contributed by atoms with Crippen LogP contribution in [-0.4, -0.2) is 4.98 Å². The van der Waals surface area contributed by atoms with Gasteiger partial charge in [0.2, 0.25) is 0 Å². The molecular formula is C10H13Br2NS. The van der Waals surface area contributed by atoms with Crippen molar-refractivity contribution in [2.75, 3.05) is 0 Å². The quantitative estimate of drug-likeness (QED) is 0.755. The van der Waals surface area contributed by atoms with Gasteiger partial charge in [0.1, 0.15) is 4.60 Å². The first-order chi connectivity index (χ1) is 6.75. The Labute approximate surface area is 106 Å². The molecule has 0 aliphatic heterocycles. The number of aromatic nitrogens is 1. The summed E-state index contributed by atoms with van der Waals surface area (Å²) >= 11 is 8.71. The van der Waals surface area contributed by atoms with E-state index in [1.54, 1.807) is 11.3 Å². The van der Waals surface area contributed by atoms with Crippen molar-refractivity contribution in [2.45, 2.75) is 38.5 Å². The summed E-state index contributed by atoms with van der Waals surface area (Å²) in [4.78, 5) is 5.73. The minimum Gasteiger partial charge on any atom is -0.222 e. The molecule has 14 heavy (non-hydrogen) atoms. The molecule has 0 saturated heterocycles. The largest absolute Gasteiger partial charge is 0.222 e. The maximum absolute atomic E-state index is 4.33. The van der Waals surface area contributed by atoms with E-state index in [1.807, 2.05) is 0 Å². The Morgan fingerprint density at radius 2 is 1.93 bits per heavy atom. The van der Waals surface area contributed by atoms with Crippen molar-refractivity contribution >= 4 is 43.2 Å². The number of hydrogen-bond acceptors (Lipinski definition) is 2. The Kier molecular flexibility index (Phi) is 4.02. The molecular weight excluding hydrogens is 326 g/mol. The Hall–Kier alpha value is 0.590. The Morgan fingerprint density at radius 1 is 1.21 bits per heavy atom. The van der Waals surface area contributed by atoms with Crippen LogP contribution in [0.4, 0.5) is 0 Å². The van der Waals surface area contributed by atoms with Crippen molar-refractivity contribution in [1.29, 1.82) is 0 Å². The summed E-state index contributed by atoms with van der Waals surface area (Å²) in [5.74, 6) is 0.896. The third kappa shape index (κ3) is 2.80. The molecule has 4 heteroatoms. The summed E-state index contributed by atoms with van der Waals surface area (Å²) in [7, 11) is 0. The van der Waals surface area contributed by atoms with Crippen LogP contribution in [0.5, 0.6) is 0 Å². The molecule has 1 heterocycles. The Morgan fingerprint density at radius 3 is 2.50 bits per heavy atom. The molecule has 1 saturated carbocycles. The third-order valence-corrected chi connectivity index (χ3v) is 5.27. The molecule has 0 radical (unpaired) electrons. The maximum atomic E-state index is 4.33. The molecule has 0 unspecified atom stereocenters. The topological polar surface area (TPSA) is 12.9 Å². The van der Waals surface area contributed by atoms with Gasteiger partial charge in [0.15, 0.2) is 3.92 Å². The third-order valence-electron chi connectivity index (χ3n) is 2.82. The van der Waals surface area contributed by atoms with Crippen molar-refractivity contribution in [2.24, 2.45) is 5.92 Å². The first-order valence-corrected chi connectivity index (χ1v) is 7.46. The molecule has 78 valence electrons. The summed E-state index contributed by atoms with van der Waals surface area (Å²) in [6, 6.07) is 0.